The third-order valence-corrected chi connectivity index (χ3v) is 5.31. The molecule has 0 radical (unpaired) electrons. The number of rotatable bonds is 4. The van der Waals surface area contributed by atoms with Gasteiger partial charge in [-0.3, -0.25) is 9.59 Å². The van der Waals surface area contributed by atoms with E-state index >= 15 is 0 Å². The number of aromatic nitrogens is 1. The van der Waals surface area contributed by atoms with E-state index in [1.807, 2.05) is 30.3 Å². The number of hydrogen-bond donors (Lipinski definition) is 0. The topological polar surface area (TPSA) is 60.8 Å². The van der Waals surface area contributed by atoms with E-state index in [0.717, 1.165) is 18.4 Å². The summed E-state index contributed by atoms with van der Waals surface area (Å²) in [4.78, 5) is 27.5. The zero-order chi connectivity index (χ0) is 18.6. The molecule has 0 bridgehead atoms. The van der Waals surface area contributed by atoms with Crippen LogP contribution in [-0.4, -0.2) is 48.0 Å². The van der Waals surface area contributed by atoms with Gasteiger partial charge in [0, 0.05) is 25.2 Å². The average Bonchev–Trinajstić information content (AvgIpc) is 3.25. The molecule has 142 valence electrons. The Kier molecular flexibility index (Phi) is 5.36. The molecular formula is C21H24N2O4. The van der Waals surface area contributed by atoms with Crippen molar-refractivity contribution in [2.45, 2.75) is 25.7 Å². The second-order valence-corrected chi connectivity index (χ2v) is 7.08. The Morgan fingerprint density at radius 3 is 2.41 bits per heavy atom. The smallest absolute Gasteiger partial charge is 0.263 e. The van der Waals surface area contributed by atoms with Gasteiger partial charge in [0.15, 0.2) is 6.29 Å². The van der Waals surface area contributed by atoms with Crippen molar-refractivity contribution < 1.29 is 14.3 Å². The number of carbonyl (C=O) groups excluding carboxylic acids is 1. The van der Waals surface area contributed by atoms with Crippen LogP contribution in [0.4, 0.5) is 0 Å². The van der Waals surface area contributed by atoms with E-state index in [1.54, 1.807) is 27.8 Å². The summed E-state index contributed by atoms with van der Waals surface area (Å²) in [6, 6.07) is 13.2. The molecule has 6 nitrogen and oxygen atoms in total. The van der Waals surface area contributed by atoms with E-state index < -0.39 is 0 Å². The van der Waals surface area contributed by atoms with Crippen LogP contribution in [-0.2, 0) is 16.0 Å². The van der Waals surface area contributed by atoms with Gasteiger partial charge in [-0.25, -0.2) is 0 Å². The molecule has 1 amide bonds. The number of amides is 1. The van der Waals surface area contributed by atoms with Gasteiger partial charge in [0.2, 0.25) is 0 Å². The third-order valence-electron chi connectivity index (χ3n) is 5.31. The first-order valence-electron chi connectivity index (χ1n) is 9.48. The first kappa shape index (κ1) is 17.9. The largest absolute Gasteiger partial charge is 0.350 e. The number of ether oxygens (including phenoxy) is 2. The summed E-state index contributed by atoms with van der Waals surface area (Å²) in [5.41, 5.74) is 1.03. The predicted molar refractivity (Wildman–Crippen MR) is 101 cm³/mol. The fourth-order valence-corrected chi connectivity index (χ4v) is 3.80. The molecular weight excluding hydrogens is 344 g/mol. The van der Waals surface area contributed by atoms with Crippen molar-refractivity contribution in [1.29, 1.82) is 0 Å². The number of hydrogen-bond acceptors (Lipinski definition) is 4. The van der Waals surface area contributed by atoms with Gasteiger partial charge in [0.25, 0.3) is 11.5 Å². The highest BCUT2D eigenvalue weighted by molar-refractivity contribution is 5.93. The first-order valence-corrected chi connectivity index (χ1v) is 9.48. The van der Waals surface area contributed by atoms with Gasteiger partial charge in [-0.15, -0.1) is 0 Å². The van der Waals surface area contributed by atoms with E-state index in [4.69, 9.17) is 9.47 Å². The summed E-state index contributed by atoms with van der Waals surface area (Å²) in [6.07, 6.45) is 3.26. The van der Waals surface area contributed by atoms with Crippen LogP contribution < -0.4 is 5.56 Å². The molecule has 0 atom stereocenters. The van der Waals surface area contributed by atoms with Gasteiger partial charge in [-0.1, -0.05) is 30.3 Å². The lowest BCUT2D eigenvalue weighted by Crippen LogP contribution is -2.43. The molecule has 2 aliphatic rings. The number of nitrogens with zero attached hydrogens (tertiary/aromatic N) is 2. The highest BCUT2D eigenvalue weighted by Crippen LogP contribution is 2.26. The van der Waals surface area contributed by atoms with Gasteiger partial charge in [-0.2, -0.15) is 0 Å². The lowest BCUT2D eigenvalue weighted by molar-refractivity contribution is -0.0956. The number of piperidine rings is 1. The minimum absolute atomic E-state index is 0.137. The van der Waals surface area contributed by atoms with E-state index in [9.17, 15) is 9.59 Å². The molecule has 1 aromatic heterocycles. The molecule has 2 aliphatic heterocycles. The van der Waals surface area contributed by atoms with Crippen molar-refractivity contribution in [3.63, 3.8) is 0 Å². The number of carbonyl (C=O) groups is 1. The van der Waals surface area contributed by atoms with E-state index in [1.165, 1.54) is 0 Å². The lowest BCUT2D eigenvalue weighted by Gasteiger charge is -2.33. The molecule has 0 N–H and O–H groups in total. The van der Waals surface area contributed by atoms with Crippen molar-refractivity contribution in [3.05, 3.63) is 70.1 Å². The van der Waals surface area contributed by atoms with Crippen molar-refractivity contribution in [2.24, 2.45) is 5.92 Å². The maximum Gasteiger partial charge on any atom is 0.263 e. The Bertz CT molecular complexity index is 835. The van der Waals surface area contributed by atoms with Gasteiger partial charge in [-0.05, 0) is 30.5 Å². The van der Waals surface area contributed by atoms with Crippen molar-refractivity contribution >= 4 is 5.91 Å². The maximum atomic E-state index is 12.9. The van der Waals surface area contributed by atoms with Crippen LogP contribution in [0.25, 0.3) is 0 Å². The van der Waals surface area contributed by atoms with Gasteiger partial charge in [0.05, 0.1) is 19.8 Å². The molecule has 2 aromatic rings. The quantitative estimate of drug-likeness (QED) is 0.829. The summed E-state index contributed by atoms with van der Waals surface area (Å²) < 4.78 is 12.8. The fraction of sp³-hybridized carbons (Fsp3) is 0.429. The Morgan fingerprint density at radius 2 is 1.70 bits per heavy atom. The van der Waals surface area contributed by atoms with E-state index in [2.05, 4.69) is 0 Å². The van der Waals surface area contributed by atoms with Crippen molar-refractivity contribution in [3.8, 4) is 0 Å². The van der Waals surface area contributed by atoms with Crippen LogP contribution >= 0.6 is 0 Å². The molecule has 6 heteroatoms. The molecule has 3 heterocycles. The van der Waals surface area contributed by atoms with Gasteiger partial charge < -0.3 is 18.9 Å². The molecule has 0 saturated carbocycles. The van der Waals surface area contributed by atoms with Crippen molar-refractivity contribution in [2.75, 3.05) is 26.3 Å². The number of pyridine rings is 1. The normalized spacial score (nSPS) is 18.7. The number of likely N-dealkylation sites (tertiary alicyclic amines) is 1. The maximum absolute atomic E-state index is 12.9. The molecule has 2 saturated heterocycles. The number of benzene rings is 1. The Hall–Kier alpha value is -2.44. The molecule has 27 heavy (non-hydrogen) atoms. The monoisotopic (exact) mass is 368 g/mol. The Balaban J connectivity index is 1.44. The highest BCUT2D eigenvalue weighted by atomic mass is 16.7. The lowest BCUT2D eigenvalue weighted by atomic mass is 9.96. The molecule has 0 spiro atoms. The molecule has 4 rings (SSSR count). The second kappa shape index (κ2) is 8.06. The predicted octanol–water partition coefficient (Wildman–Crippen LogP) is 2.12. The van der Waals surface area contributed by atoms with Crippen LogP contribution in [0.15, 0.2) is 53.5 Å². The average molecular weight is 368 g/mol. The Labute approximate surface area is 158 Å². The highest BCUT2D eigenvalue weighted by Gasteiger charge is 2.32. The van der Waals surface area contributed by atoms with E-state index in [-0.39, 0.29) is 23.3 Å². The van der Waals surface area contributed by atoms with E-state index in [0.29, 0.717) is 38.8 Å². The standard InChI is InChI=1S/C21H24N2O4/c24-19(22-11-8-17(9-12-22)21-26-13-14-27-21)18-7-4-10-23(20(18)25)15-16-5-2-1-3-6-16/h1-7,10,17,21H,8-9,11-15H2. The van der Waals surface area contributed by atoms with Crippen molar-refractivity contribution in [1.82, 2.24) is 9.47 Å². The summed E-state index contributed by atoms with van der Waals surface area (Å²) in [5, 5.41) is 0. The van der Waals surface area contributed by atoms with Gasteiger partial charge >= 0.3 is 0 Å². The van der Waals surface area contributed by atoms with Gasteiger partial charge in [0.1, 0.15) is 5.56 Å². The minimum Gasteiger partial charge on any atom is -0.350 e. The zero-order valence-corrected chi connectivity index (χ0v) is 15.3. The third kappa shape index (κ3) is 3.96. The first-order chi connectivity index (χ1) is 13.2. The fourth-order valence-electron chi connectivity index (χ4n) is 3.80. The zero-order valence-electron chi connectivity index (χ0n) is 15.3. The van der Waals surface area contributed by atoms with Crippen LogP contribution in [0.1, 0.15) is 28.8 Å². The van der Waals surface area contributed by atoms with Crippen LogP contribution in [0.2, 0.25) is 0 Å². The summed E-state index contributed by atoms with van der Waals surface area (Å²) >= 11 is 0. The summed E-state index contributed by atoms with van der Waals surface area (Å²) in [5.74, 6) is 0.135. The Morgan fingerprint density at radius 1 is 1.00 bits per heavy atom. The molecule has 0 unspecified atom stereocenters. The molecule has 2 fully saturated rings. The van der Waals surface area contributed by atoms with Crippen LogP contribution in [0.5, 0.6) is 0 Å². The van der Waals surface area contributed by atoms with Crippen LogP contribution in [0.3, 0.4) is 0 Å². The van der Waals surface area contributed by atoms with Crippen LogP contribution in [0, 0.1) is 5.92 Å². The molecule has 1 aromatic carbocycles. The minimum atomic E-state index is -0.240. The second-order valence-electron chi connectivity index (χ2n) is 7.08. The summed E-state index contributed by atoms with van der Waals surface area (Å²) in [7, 11) is 0. The SMILES string of the molecule is O=C(c1cccn(Cc2ccccc2)c1=O)N1CCC(C2OCCO2)CC1. The molecule has 0 aliphatic carbocycles. The summed E-state index contributed by atoms with van der Waals surface area (Å²) in [6.45, 7) is 3.00.